The van der Waals surface area contributed by atoms with Gasteiger partial charge in [0.1, 0.15) is 0 Å². The van der Waals surface area contributed by atoms with Crippen molar-refractivity contribution in [2.45, 2.75) is 51.7 Å². The number of hydrogen-bond acceptors (Lipinski definition) is 1. The third-order valence-corrected chi connectivity index (χ3v) is 4.66. The SMILES string of the molecule is CCC1(CNC(C)c2cccc(C(F)(F)F)c2)CCC1. The quantitative estimate of drug-likeness (QED) is 0.808. The van der Waals surface area contributed by atoms with Crippen LogP contribution in [-0.2, 0) is 6.18 Å². The van der Waals surface area contributed by atoms with E-state index < -0.39 is 11.7 Å². The fourth-order valence-electron chi connectivity index (χ4n) is 2.80. The Hall–Kier alpha value is -1.03. The van der Waals surface area contributed by atoms with Crippen LogP contribution in [0.2, 0.25) is 0 Å². The predicted octanol–water partition coefficient (Wildman–Crippen LogP) is 4.94. The van der Waals surface area contributed by atoms with Crippen LogP contribution in [0.25, 0.3) is 0 Å². The summed E-state index contributed by atoms with van der Waals surface area (Å²) >= 11 is 0. The largest absolute Gasteiger partial charge is 0.416 e. The summed E-state index contributed by atoms with van der Waals surface area (Å²) in [6.07, 6.45) is 0.592. The first-order chi connectivity index (χ1) is 9.36. The van der Waals surface area contributed by atoms with Gasteiger partial charge in [-0.05, 0) is 49.3 Å². The molecule has 1 nitrogen and oxygen atoms in total. The van der Waals surface area contributed by atoms with Crippen molar-refractivity contribution in [3.05, 3.63) is 35.4 Å². The Morgan fingerprint density at radius 2 is 2.00 bits per heavy atom. The minimum Gasteiger partial charge on any atom is -0.310 e. The van der Waals surface area contributed by atoms with Gasteiger partial charge in [0.15, 0.2) is 0 Å². The molecule has 0 bridgehead atoms. The molecule has 1 aliphatic rings. The molecular formula is C16H22F3N. The van der Waals surface area contributed by atoms with Crippen LogP contribution in [-0.4, -0.2) is 6.54 Å². The van der Waals surface area contributed by atoms with E-state index in [1.165, 1.54) is 31.4 Å². The summed E-state index contributed by atoms with van der Waals surface area (Å²) in [4.78, 5) is 0. The molecule has 0 heterocycles. The summed E-state index contributed by atoms with van der Waals surface area (Å²) in [5.41, 5.74) is 0.499. The summed E-state index contributed by atoms with van der Waals surface area (Å²) in [5.74, 6) is 0. The number of alkyl halides is 3. The molecule has 0 amide bonds. The van der Waals surface area contributed by atoms with E-state index >= 15 is 0 Å². The molecule has 1 unspecified atom stereocenters. The molecule has 0 aromatic heterocycles. The summed E-state index contributed by atoms with van der Waals surface area (Å²) in [7, 11) is 0. The third-order valence-electron chi connectivity index (χ3n) is 4.66. The molecule has 4 heteroatoms. The summed E-state index contributed by atoms with van der Waals surface area (Å²) < 4.78 is 38.1. The first-order valence-corrected chi connectivity index (χ1v) is 7.27. The molecule has 1 aromatic carbocycles. The maximum atomic E-state index is 12.7. The van der Waals surface area contributed by atoms with Crippen molar-refractivity contribution in [2.75, 3.05) is 6.54 Å². The van der Waals surface area contributed by atoms with Gasteiger partial charge in [0.2, 0.25) is 0 Å². The van der Waals surface area contributed by atoms with Crippen molar-refractivity contribution in [1.82, 2.24) is 5.32 Å². The van der Waals surface area contributed by atoms with Crippen molar-refractivity contribution in [3.8, 4) is 0 Å². The zero-order valence-corrected chi connectivity index (χ0v) is 12.1. The van der Waals surface area contributed by atoms with Gasteiger partial charge in [-0.25, -0.2) is 0 Å². The first kappa shape index (κ1) is 15.4. The lowest BCUT2D eigenvalue weighted by molar-refractivity contribution is -0.137. The second-order valence-electron chi connectivity index (χ2n) is 5.93. The number of rotatable bonds is 5. The van der Waals surface area contributed by atoms with Gasteiger partial charge in [0.05, 0.1) is 5.56 Å². The predicted molar refractivity (Wildman–Crippen MR) is 74.4 cm³/mol. The second kappa shape index (κ2) is 5.76. The Morgan fingerprint density at radius 3 is 2.50 bits per heavy atom. The number of benzene rings is 1. The zero-order valence-electron chi connectivity index (χ0n) is 12.1. The van der Waals surface area contributed by atoms with Crippen molar-refractivity contribution in [1.29, 1.82) is 0 Å². The Balaban J connectivity index is 2.00. The van der Waals surface area contributed by atoms with E-state index in [2.05, 4.69) is 12.2 Å². The average Bonchev–Trinajstić information content (AvgIpc) is 2.37. The van der Waals surface area contributed by atoms with Crippen LogP contribution in [0.3, 0.4) is 0 Å². The number of nitrogens with one attached hydrogen (secondary N) is 1. The Bertz CT molecular complexity index is 444. The number of hydrogen-bond donors (Lipinski definition) is 1. The van der Waals surface area contributed by atoms with Gasteiger partial charge in [0.25, 0.3) is 0 Å². The maximum Gasteiger partial charge on any atom is 0.416 e. The smallest absolute Gasteiger partial charge is 0.310 e. The van der Waals surface area contributed by atoms with Crippen molar-refractivity contribution in [3.63, 3.8) is 0 Å². The maximum absolute atomic E-state index is 12.7. The topological polar surface area (TPSA) is 12.0 Å². The molecular weight excluding hydrogens is 263 g/mol. The molecule has 1 aliphatic carbocycles. The summed E-state index contributed by atoms with van der Waals surface area (Å²) in [6, 6.07) is 5.55. The van der Waals surface area contributed by atoms with Gasteiger partial charge in [-0.15, -0.1) is 0 Å². The van der Waals surface area contributed by atoms with E-state index in [1.807, 2.05) is 6.92 Å². The fraction of sp³-hybridized carbons (Fsp3) is 0.625. The Kier molecular flexibility index (Phi) is 4.43. The van der Waals surface area contributed by atoms with E-state index in [-0.39, 0.29) is 6.04 Å². The second-order valence-corrected chi connectivity index (χ2v) is 5.93. The highest BCUT2D eigenvalue weighted by atomic mass is 19.4. The highest BCUT2D eigenvalue weighted by molar-refractivity contribution is 5.27. The van der Waals surface area contributed by atoms with Crippen LogP contribution in [0.4, 0.5) is 13.2 Å². The monoisotopic (exact) mass is 285 g/mol. The lowest BCUT2D eigenvalue weighted by Crippen LogP contribution is -2.40. The molecule has 1 saturated carbocycles. The molecule has 20 heavy (non-hydrogen) atoms. The molecule has 0 aliphatic heterocycles. The van der Waals surface area contributed by atoms with E-state index in [0.717, 1.165) is 19.0 Å². The van der Waals surface area contributed by atoms with Crippen LogP contribution >= 0.6 is 0 Å². The van der Waals surface area contributed by atoms with Gasteiger partial charge in [-0.2, -0.15) is 13.2 Å². The molecule has 0 saturated heterocycles. The van der Waals surface area contributed by atoms with E-state index in [4.69, 9.17) is 0 Å². The van der Waals surface area contributed by atoms with Gasteiger partial charge in [-0.1, -0.05) is 25.5 Å². The highest BCUT2D eigenvalue weighted by Crippen LogP contribution is 2.43. The lowest BCUT2D eigenvalue weighted by atomic mass is 9.67. The van der Waals surface area contributed by atoms with Crippen LogP contribution in [0, 0.1) is 5.41 Å². The van der Waals surface area contributed by atoms with Gasteiger partial charge in [0, 0.05) is 12.6 Å². The fourth-order valence-corrected chi connectivity index (χ4v) is 2.80. The normalized spacial score (nSPS) is 19.4. The molecule has 0 radical (unpaired) electrons. The molecule has 112 valence electrons. The van der Waals surface area contributed by atoms with Gasteiger partial charge in [-0.3, -0.25) is 0 Å². The summed E-state index contributed by atoms with van der Waals surface area (Å²) in [5, 5.41) is 3.40. The van der Waals surface area contributed by atoms with Gasteiger partial charge >= 0.3 is 6.18 Å². The lowest BCUT2D eigenvalue weighted by Gasteiger charge is -2.42. The van der Waals surface area contributed by atoms with Crippen molar-refractivity contribution in [2.24, 2.45) is 5.41 Å². The van der Waals surface area contributed by atoms with Crippen LogP contribution in [0.15, 0.2) is 24.3 Å². The Labute approximate surface area is 118 Å². The molecule has 2 rings (SSSR count). The highest BCUT2D eigenvalue weighted by Gasteiger charge is 2.35. The Morgan fingerprint density at radius 1 is 1.30 bits per heavy atom. The molecule has 1 N–H and O–H groups in total. The van der Waals surface area contributed by atoms with Crippen LogP contribution in [0.1, 0.15) is 56.7 Å². The van der Waals surface area contributed by atoms with Crippen molar-refractivity contribution >= 4 is 0 Å². The zero-order chi connectivity index (χ0) is 14.8. The standard InChI is InChI=1S/C16H22F3N/c1-3-15(8-5-9-15)11-20-12(2)13-6-4-7-14(10-13)16(17,18)19/h4,6-7,10,12,20H,3,5,8-9,11H2,1-2H3. The molecule has 0 spiro atoms. The summed E-state index contributed by atoms with van der Waals surface area (Å²) in [6.45, 7) is 5.01. The third kappa shape index (κ3) is 3.35. The first-order valence-electron chi connectivity index (χ1n) is 7.27. The van der Waals surface area contributed by atoms with Crippen LogP contribution < -0.4 is 5.32 Å². The number of halogens is 3. The van der Waals surface area contributed by atoms with E-state index in [0.29, 0.717) is 11.0 Å². The van der Waals surface area contributed by atoms with Crippen molar-refractivity contribution < 1.29 is 13.2 Å². The van der Waals surface area contributed by atoms with Crippen LogP contribution in [0.5, 0.6) is 0 Å². The molecule has 1 atom stereocenters. The van der Waals surface area contributed by atoms with E-state index in [1.54, 1.807) is 6.07 Å². The minimum atomic E-state index is -4.27. The average molecular weight is 285 g/mol. The molecule has 1 aromatic rings. The molecule has 1 fully saturated rings. The van der Waals surface area contributed by atoms with E-state index in [9.17, 15) is 13.2 Å². The minimum absolute atomic E-state index is 0.0543. The van der Waals surface area contributed by atoms with Gasteiger partial charge < -0.3 is 5.32 Å².